The molecule has 28 heavy (non-hydrogen) atoms. The van der Waals surface area contributed by atoms with Gasteiger partial charge in [-0.2, -0.15) is 0 Å². The van der Waals surface area contributed by atoms with Crippen molar-refractivity contribution < 1.29 is 14.6 Å². The first-order valence-electron chi connectivity index (χ1n) is 9.91. The fourth-order valence-electron chi connectivity index (χ4n) is 3.76. The topological polar surface area (TPSA) is 42.1 Å². The Hall–Kier alpha value is -1.80. The molecule has 7 heteroatoms. The van der Waals surface area contributed by atoms with Crippen molar-refractivity contribution in [3.8, 4) is 0 Å². The van der Waals surface area contributed by atoms with Gasteiger partial charge in [-0.3, -0.25) is 4.79 Å². The van der Waals surface area contributed by atoms with Gasteiger partial charge in [-0.05, 0) is 30.5 Å². The number of aromatic nitrogens is 1. The van der Waals surface area contributed by atoms with E-state index in [0.29, 0.717) is 6.54 Å². The molecular formula is C21H28N4OS2+2. The first-order chi connectivity index (χ1) is 13.6. The van der Waals surface area contributed by atoms with Crippen LogP contribution in [0.1, 0.15) is 22.9 Å². The molecule has 1 aromatic carbocycles. The number of carbonyl (C=O) groups is 1. The van der Waals surface area contributed by atoms with E-state index >= 15 is 0 Å². The lowest BCUT2D eigenvalue weighted by molar-refractivity contribution is -1.02. The maximum atomic E-state index is 12.9. The van der Waals surface area contributed by atoms with E-state index in [0.717, 1.165) is 43.2 Å². The average Bonchev–Trinajstić information content (AvgIpc) is 3.37. The number of nitrogens with zero attached hydrogens (tertiary/aromatic N) is 2. The van der Waals surface area contributed by atoms with Crippen molar-refractivity contribution in [1.29, 1.82) is 0 Å². The standard InChI is InChI=1S/C21H26N4OS2/c1-16(21-22-18-7-3-4-8-19(18)28-21)23(2)20(26)15-25-11-9-24(10-12-25)14-17-6-5-13-27-17/h3-8,13,16H,9-12,14-15H2,1-2H3/p+2/t16-/m0/s1. The van der Waals surface area contributed by atoms with Crippen molar-refractivity contribution in [3.05, 3.63) is 51.7 Å². The van der Waals surface area contributed by atoms with Crippen molar-refractivity contribution in [3.63, 3.8) is 0 Å². The van der Waals surface area contributed by atoms with Crippen molar-refractivity contribution in [1.82, 2.24) is 9.88 Å². The number of piperazine rings is 1. The second kappa shape index (κ2) is 8.69. The van der Waals surface area contributed by atoms with Crippen LogP contribution in [-0.4, -0.2) is 55.6 Å². The number of nitrogens with one attached hydrogen (secondary N) is 2. The summed E-state index contributed by atoms with van der Waals surface area (Å²) in [5, 5.41) is 3.16. The van der Waals surface area contributed by atoms with Crippen LogP contribution in [0.4, 0.5) is 0 Å². The Bertz CT molecular complexity index is 883. The summed E-state index contributed by atoms with van der Waals surface area (Å²) in [6.45, 7) is 8.18. The molecule has 1 aliphatic heterocycles. The van der Waals surface area contributed by atoms with Gasteiger partial charge < -0.3 is 14.7 Å². The van der Waals surface area contributed by atoms with Gasteiger partial charge in [0.2, 0.25) is 0 Å². The third kappa shape index (κ3) is 4.43. The second-order valence-electron chi connectivity index (χ2n) is 7.63. The van der Waals surface area contributed by atoms with Gasteiger partial charge in [-0.1, -0.05) is 18.2 Å². The lowest BCUT2D eigenvalue weighted by Gasteiger charge is -2.31. The van der Waals surface area contributed by atoms with Gasteiger partial charge in [0, 0.05) is 7.05 Å². The minimum Gasteiger partial charge on any atom is -0.332 e. The normalized spacial score (nSPS) is 20.9. The van der Waals surface area contributed by atoms with Gasteiger partial charge in [0.1, 0.15) is 37.7 Å². The quantitative estimate of drug-likeness (QED) is 0.626. The maximum absolute atomic E-state index is 12.9. The Morgan fingerprint density at radius 1 is 1.14 bits per heavy atom. The van der Waals surface area contributed by atoms with E-state index in [2.05, 4.69) is 30.5 Å². The molecule has 1 saturated heterocycles. The molecule has 0 radical (unpaired) electrons. The van der Waals surface area contributed by atoms with Crippen LogP contribution < -0.4 is 9.80 Å². The largest absolute Gasteiger partial charge is 0.332 e. The van der Waals surface area contributed by atoms with Crippen LogP contribution in [0.5, 0.6) is 0 Å². The van der Waals surface area contributed by atoms with E-state index in [1.807, 2.05) is 41.5 Å². The highest BCUT2D eigenvalue weighted by atomic mass is 32.1. The number of carbonyl (C=O) groups excluding carboxylic acids is 1. The molecule has 0 bridgehead atoms. The molecule has 1 atom stereocenters. The fraction of sp³-hybridized carbons (Fsp3) is 0.429. The van der Waals surface area contributed by atoms with E-state index < -0.39 is 0 Å². The molecule has 0 spiro atoms. The highest BCUT2D eigenvalue weighted by Gasteiger charge is 2.28. The molecule has 2 aromatic heterocycles. The SMILES string of the molecule is C[C@@H](c1nc2ccccc2s1)N(C)C(=O)C[NH+]1CC[NH+](Cc2cccs2)CC1. The van der Waals surface area contributed by atoms with Crippen LogP contribution in [0.15, 0.2) is 41.8 Å². The molecule has 148 valence electrons. The summed E-state index contributed by atoms with van der Waals surface area (Å²) in [5.74, 6) is 0.212. The van der Waals surface area contributed by atoms with Crippen molar-refractivity contribution in [2.75, 3.05) is 39.8 Å². The number of amides is 1. The van der Waals surface area contributed by atoms with Crippen LogP contribution in [0.2, 0.25) is 0 Å². The molecule has 0 saturated carbocycles. The molecule has 1 amide bonds. The van der Waals surface area contributed by atoms with Crippen LogP contribution in [-0.2, 0) is 11.3 Å². The Kier molecular flexibility index (Phi) is 6.06. The minimum atomic E-state index is 0.00930. The summed E-state index contributed by atoms with van der Waals surface area (Å²) in [6.07, 6.45) is 0. The molecule has 4 rings (SSSR count). The van der Waals surface area contributed by atoms with Gasteiger partial charge >= 0.3 is 0 Å². The van der Waals surface area contributed by atoms with E-state index in [1.54, 1.807) is 16.2 Å². The summed E-state index contributed by atoms with van der Waals surface area (Å²) < 4.78 is 1.18. The lowest BCUT2D eigenvalue weighted by Crippen LogP contribution is -3.28. The van der Waals surface area contributed by atoms with Crippen molar-refractivity contribution in [2.45, 2.75) is 19.5 Å². The summed E-state index contributed by atoms with van der Waals surface area (Å²) in [7, 11) is 1.91. The molecule has 3 heterocycles. The molecule has 2 N–H and O–H groups in total. The number of para-hydroxylation sites is 1. The van der Waals surface area contributed by atoms with Crippen molar-refractivity contribution in [2.24, 2.45) is 0 Å². The van der Waals surface area contributed by atoms with E-state index in [9.17, 15) is 4.79 Å². The number of hydrogen-bond donors (Lipinski definition) is 2. The first-order valence-corrected chi connectivity index (χ1v) is 11.6. The van der Waals surface area contributed by atoms with Crippen molar-refractivity contribution >= 4 is 38.8 Å². The fourth-order valence-corrected chi connectivity index (χ4v) is 5.60. The van der Waals surface area contributed by atoms with Gasteiger partial charge in [-0.25, -0.2) is 4.98 Å². The number of benzene rings is 1. The zero-order chi connectivity index (χ0) is 19.5. The zero-order valence-corrected chi connectivity index (χ0v) is 18.1. The van der Waals surface area contributed by atoms with E-state index in [1.165, 1.54) is 14.5 Å². The third-order valence-electron chi connectivity index (χ3n) is 5.71. The molecule has 0 aliphatic carbocycles. The Labute approximate surface area is 174 Å². The maximum Gasteiger partial charge on any atom is 0.278 e. The number of fused-ring (bicyclic) bond motifs is 1. The molecule has 1 aliphatic rings. The van der Waals surface area contributed by atoms with Crippen LogP contribution in [0.3, 0.4) is 0 Å². The highest BCUT2D eigenvalue weighted by molar-refractivity contribution is 7.18. The molecule has 1 fully saturated rings. The number of rotatable bonds is 6. The predicted molar refractivity (Wildman–Crippen MR) is 115 cm³/mol. The zero-order valence-electron chi connectivity index (χ0n) is 16.5. The number of thiophene rings is 1. The highest BCUT2D eigenvalue weighted by Crippen LogP contribution is 2.28. The molecule has 0 unspecified atom stereocenters. The van der Waals surface area contributed by atoms with E-state index in [4.69, 9.17) is 4.98 Å². The Morgan fingerprint density at radius 2 is 1.89 bits per heavy atom. The molecule has 5 nitrogen and oxygen atoms in total. The summed E-state index contributed by atoms with van der Waals surface area (Å²) in [5.41, 5.74) is 1.02. The third-order valence-corrected chi connectivity index (χ3v) is 7.79. The monoisotopic (exact) mass is 416 g/mol. The first kappa shape index (κ1) is 19.5. The molecule has 3 aromatic rings. The lowest BCUT2D eigenvalue weighted by atomic mass is 10.2. The predicted octanol–water partition coefficient (Wildman–Crippen LogP) is 0.861. The number of quaternary nitrogens is 2. The van der Waals surface area contributed by atoms with Gasteiger partial charge in [-0.15, -0.1) is 22.7 Å². The van der Waals surface area contributed by atoms with Gasteiger partial charge in [0.05, 0.1) is 21.1 Å². The molecular weight excluding hydrogens is 388 g/mol. The number of hydrogen-bond acceptors (Lipinski definition) is 4. The Morgan fingerprint density at radius 3 is 2.61 bits per heavy atom. The minimum absolute atomic E-state index is 0.00930. The number of likely N-dealkylation sites (N-methyl/N-ethyl adjacent to an activating group) is 1. The van der Waals surface area contributed by atoms with Crippen LogP contribution in [0, 0.1) is 0 Å². The van der Waals surface area contributed by atoms with Gasteiger partial charge in [0.25, 0.3) is 5.91 Å². The summed E-state index contributed by atoms with van der Waals surface area (Å²) in [6, 6.07) is 12.5. The average molecular weight is 417 g/mol. The summed E-state index contributed by atoms with van der Waals surface area (Å²) in [4.78, 5) is 23.9. The smallest absolute Gasteiger partial charge is 0.278 e. The summed E-state index contributed by atoms with van der Waals surface area (Å²) >= 11 is 3.53. The Balaban J connectivity index is 1.29. The number of thiazole rings is 1. The van der Waals surface area contributed by atoms with Gasteiger partial charge in [0.15, 0.2) is 6.54 Å². The van der Waals surface area contributed by atoms with E-state index in [-0.39, 0.29) is 11.9 Å². The van der Waals surface area contributed by atoms with Crippen LogP contribution in [0.25, 0.3) is 10.2 Å². The van der Waals surface area contributed by atoms with Crippen LogP contribution >= 0.6 is 22.7 Å². The second-order valence-corrected chi connectivity index (χ2v) is 9.73.